The number of hydrogen-bond acceptors (Lipinski definition) is 12. The summed E-state index contributed by atoms with van der Waals surface area (Å²) in [6.45, 7) is 5.49. The molecule has 7 N–H and O–H groups in total. The average molecular weight is 764 g/mol. The van der Waals surface area contributed by atoms with E-state index in [0.29, 0.717) is 71.1 Å². The Morgan fingerprint density at radius 3 is 2.02 bits per heavy atom. The van der Waals surface area contributed by atoms with E-state index in [9.17, 15) is 19.2 Å². The molecule has 6 aromatic rings. The minimum Gasteiger partial charge on any atom is -0.494 e. The van der Waals surface area contributed by atoms with Crippen LogP contribution in [-0.4, -0.2) is 90.0 Å². The Morgan fingerprint density at radius 1 is 0.857 bits per heavy atom. The number of benzene rings is 2. The van der Waals surface area contributed by atoms with Crippen LogP contribution in [-0.2, 0) is 19.6 Å². The van der Waals surface area contributed by atoms with Gasteiger partial charge in [-0.2, -0.15) is 10.2 Å². The van der Waals surface area contributed by atoms with Crippen LogP contribution in [0.1, 0.15) is 60.7 Å². The fraction of sp³-hybridized carbons (Fsp3) is 0.270. The van der Waals surface area contributed by atoms with Gasteiger partial charge in [-0.05, 0) is 76.3 Å². The lowest BCUT2D eigenvalue weighted by molar-refractivity contribution is 0.0991. The largest absolute Gasteiger partial charge is 0.494 e. The molecule has 0 aliphatic carbocycles. The number of nitrogens with one attached hydrogen (secondary N) is 3. The van der Waals surface area contributed by atoms with Crippen molar-refractivity contribution in [1.29, 1.82) is 0 Å². The zero-order valence-electron chi connectivity index (χ0n) is 31.2. The van der Waals surface area contributed by atoms with Gasteiger partial charge in [-0.25, -0.2) is 9.97 Å². The van der Waals surface area contributed by atoms with Gasteiger partial charge in [0, 0.05) is 37.0 Å². The van der Waals surface area contributed by atoms with Gasteiger partial charge in [0.25, 0.3) is 11.8 Å². The molecule has 2 aromatic carbocycles. The SMILES string of the molecule is CCn1nc(C)cc1C(=O)Nc1nc2cc(C(N)=O)cc(OC)c2n1C/C=C/Cn1c(NC(=O)c2cccnn2)nc2cc(C(N)=O)cc(OCCCNC)c21. The Hall–Kier alpha value is -7.15. The van der Waals surface area contributed by atoms with Crippen molar-refractivity contribution in [1.82, 2.24) is 44.4 Å². The number of rotatable bonds is 17. The molecule has 0 saturated heterocycles. The molecule has 0 atom stereocenters. The average Bonchev–Trinajstić information content (AvgIpc) is 3.86. The Morgan fingerprint density at radius 2 is 1.46 bits per heavy atom. The van der Waals surface area contributed by atoms with E-state index >= 15 is 0 Å². The van der Waals surface area contributed by atoms with Crippen LogP contribution >= 0.6 is 0 Å². The summed E-state index contributed by atoms with van der Waals surface area (Å²) >= 11 is 0. The lowest BCUT2D eigenvalue weighted by Gasteiger charge is -2.13. The highest BCUT2D eigenvalue weighted by molar-refractivity contribution is 6.05. The molecule has 4 heterocycles. The van der Waals surface area contributed by atoms with Gasteiger partial charge in [-0.15, -0.1) is 5.10 Å². The van der Waals surface area contributed by atoms with E-state index in [0.717, 1.165) is 0 Å². The number of amides is 4. The van der Waals surface area contributed by atoms with E-state index in [2.05, 4.69) is 41.2 Å². The third kappa shape index (κ3) is 8.16. The number of methoxy groups -OCH3 is 1. The molecule has 0 radical (unpaired) electrons. The minimum atomic E-state index is -0.672. The van der Waals surface area contributed by atoms with Crippen molar-refractivity contribution in [3.8, 4) is 11.5 Å². The molecule has 290 valence electrons. The van der Waals surface area contributed by atoms with Crippen LogP contribution < -0.4 is 36.9 Å². The second kappa shape index (κ2) is 16.9. The van der Waals surface area contributed by atoms with Crippen LogP contribution in [0.4, 0.5) is 11.9 Å². The molecule has 0 unspecified atom stereocenters. The molecule has 19 nitrogen and oxygen atoms in total. The Kier molecular flexibility index (Phi) is 11.6. The van der Waals surface area contributed by atoms with Crippen LogP contribution in [0.2, 0.25) is 0 Å². The normalized spacial score (nSPS) is 11.4. The first kappa shape index (κ1) is 38.6. The molecule has 4 amide bonds. The highest BCUT2D eigenvalue weighted by Gasteiger charge is 2.23. The summed E-state index contributed by atoms with van der Waals surface area (Å²) in [7, 11) is 3.29. The molecule has 0 spiro atoms. The number of imidazole rings is 2. The Balaban J connectivity index is 1.40. The van der Waals surface area contributed by atoms with E-state index in [-0.39, 0.29) is 41.8 Å². The molecule has 4 aromatic heterocycles. The quantitative estimate of drug-likeness (QED) is 0.0664. The van der Waals surface area contributed by atoms with E-state index < -0.39 is 23.6 Å². The Labute approximate surface area is 320 Å². The number of allylic oxidation sites excluding steroid dienone is 2. The highest BCUT2D eigenvalue weighted by atomic mass is 16.5. The molecule has 19 heteroatoms. The highest BCUT2D eigenvalue weighted by Crippen LogP contribution is 2.33. The molecule has 0 saturated carbocycles. The summed E-state index contributed by atoms with van der Waals surface area (Å²) in [6.07, 6.45) is 5.77. The summed E-state index contributed by atoms with van der Waals surface area (Å²) in [5, 5.41) is 20.8. The number of carbonyl (C=O) groups is 4. The second-order valence-electron chi connectivity index (χ2n) is 12.5. The number of fused-ring (bicyclic) bond motifs is 2. The van der Waals surface area contributed by atoms with Crippen molar-refractivity contribution in [2.24, 2.45) is 11.5 Å². The molecule has 56 heavy (non-hydrogen) atoms. The molecule has 6 rings (SSSR count). The fourth-order valence-corrected chi connectivity index (χ4v) is 6.07. The zero-order chi connectivity index (χ0) is 39.9. The van der Waals surface area contributed by atoms with Crippen LogP contribution in [0.3, 0.4) is 0 Å². The third-order valence-electron chi connectivity index (χ3n) is 8.66. The zero-order valence-corrected chi connectivity index (χ0v) is 31.2. The van der Waals surface area contributed by atoms with Crippen LogP contribution in [0.15, 0.2) is 60.8 Å². The predicted octanol–water partition coefficient (Wildman–Crippen LogP) is 2.66. The van der Waals surface area contributed by atoms with Crippen molar-refractivity contribution in [2.75, 3.05) is 37.9 Å². The summed E-state index contributed by atoms with van der Waals surface area (Å²) in [6, 6.07) is 10.9. The maximum Gasteiger partial charge on any atom is 0.278 e. The molecular weight excluding hydrogens is 722 g/mol. The summed E-state index contributed by atoms with van der Waals surface area (Å²) < 4.78 is 16.9. The van der Waals surface area contributed by atoms with Gasteiger partial charge >= 0.3 is 0 Å². The molecule has 0 bridgehead atoms. The number of ether oxygens (including phenoxy) is 2. The van der Waals surface area contributed by atoms with E-state index in [1.165, 1.54) is 37.6 Å². The fourth-order valence-electron chi connectivity index (χ4n) is 6.07. The third-order valence-corrected chi connectivity index (χ3v) is 8.66. The first-order valence-corrected chi connectivity index (χ1v) is 17.6. The van der Waals surface area contributed by atoms with Crippen LogP contribution in [0, 0.1) is 6.92 Å². The Bertz CT molecular complexity index is 2470. The maximum atomic E-state index is 13.6. The van der Waals surface area contributed by atoms with Crippen molar-refractivity contribution < 1.29 is 28.7 Å². The number of aryl methyl sites for hydroxylation is 2. The van der Waals surface area contributed by atoms with Gasteiger partial charge in [0.05, 0.1) is 30.4 Å². The second-order valence-corrected chi connectivity index (χ2v) is 12.5. The molecular formula is C37H41N13O6. The standard InChI is InChI=1S/C37H41N13O6/c1-5-50-27(16-21(2)47-50)35(54)45-37-42-25-17-22(32(38)51)19-28(55-4)30(25)48(37)13-6-7-14-49-31-26(43-36(49)44-34(53)24-10-8-12-41-46-24)18-23(33(39)52)20-29(31)56-15-9-11-40-3/h6-8,10,12,16-20,40H,5,9,11,13-15H2,1-4H3,(H2,38,51)(H2,39,52)(H,42,45,54)(H,43,44,53)/b7-6+. The van der Waals surface area contributed by atoms with Gasteiger partial charge in [0.1, 0.15) is 28.2 Å². The minimum absolute atomic E-state index is 0.0650. The number of hydrogen-bond donors (Lipinski definition) is 5. The van der Waals surface area contributed by atoms with E-state index in [1.54, 1.807) is 38.9 Å². The van der Waals surface area contributed by atoms with Crippen molar-refractivity contribution in [2.45, 2.75) is 39.9 Å². The van der Waals surface area contributed by atoms with Gasteiger partial charge in [0.2, 0.25) is 23.7 Å². The lowest BCUT2D eigenvalue weighted by atomic mass is 10.1. The number of nitrogens with zero attached hydrogens (tertiary/aromatic N) is 8. The molecule has 0 aliphatic rings. The summed E-state index contributed by atoms with van der Waals surface area (Å²) in [4.78, 5) is 60.6. The first-order chi connectivity index (χ1) is 27.0. The topological polar surface area (TPSA) is 254 Å². The van der Waals surface area contributed by atoms with Crippen molar-refractivity contribution >= 4 is 57.6 Å². The number of anilines is 2. The monoisotopic (exact) mass is 763 g/mol. The van der Waals surface area contributed by atoms with Crippen molar-refractivity contribution in [3.05, 3.63) is 89.0 Å². The first-order valence-electron chi connectivity index (χ1n) is 17.6. The van der Waals surface area contributed by atoms with Gasteiger partial charge in [-0.1, -0.05) is 12.2 Å². The van der Waals surface area contributed by atoms with Crippen LogP contribution in [0.5, 0.6) is 11.5 Å². The summed E-state index contributed by atoms with van der Waals surface area (Å²) in [5.41, 5.74) is 14.4. The predicted molar refractivity (Wildman–Crippen MR) is 207 cm³/mol. The summed E-state index contributed by atoms with van der Waals surface area (Å²) in [5.74, 6) is -1.36. The van der Waals surface area contributed by atoms with Gasteiger partial charge in [0.15, 0.2) is 5.69 Å². The maximum absolute atomic E-state index is 13.6. The molecule has 0 aliphatic heterocycles. The van der Waals surface area contributed by atoms with Gasteiger partial charge < -0.3 is 35.4 Å². The van der Waals surface area contributed by atoms with E-state index in [1.807, 2.05) is 26.1 Å². The number of aromatic nitrogens is 8. The van der Waals surface area contributed by atoms with Crippen molar-refractivity contribution in [3.63, 3.8) is 0 Å². The smallest absolute Gasteiger partial charge is 0.278 e. The van der Waals surface area contributed by atoms with E-state index in [4.69, 9.17) is 20.9 Å². The van der Waals surface area contributed by atoms with Gasteiger partial charge in [-0.3, -0.25) is 34.5 Å². The molecule has 0 fully saturated rings. The number of primary amides is 2. The number of carbonyl (C=O) groups excluding carboxylic acids is 4. The van der Waals surface area contributed by atoms with Crippen LogP contribution in [0.25, 0.3) is 22.1 Å². The number of nitrogens with two attached hydrogens (primary N) is 2. The lowest BCUT2D eigenvalue weighted by Crippen LogP contribution is -2.20.